The molecule has 0 bridgehead atoms. The summed E-state index contributed by atoms with van der Waals surface area (Å²) in [6.45, 7) is 3.47. The highest BCUT2D eigenvalue weighted by molar-refractivity contribution is 5.16. The van der Waals surface area contributed by atoms with Crippen LogP contribution in [0.15, 0.2) is 18.5 Å². The second kappa shape index (κ2) is 2.94. The molecule has 1 aromatic heterocycles. The Labute approximate surface area is 73.6 Å². The minimum absolute atomic E-state index is 0.598. The van der Waals surface area contributed by atoms with Gasteiger partial charge in [-0.2, -0.15) is 0 Å². The van der Waals surface area contributed by atoms with Crippen molar-refractivity contribution in [2.24, 2.45) is 13.0 Å². The Morgan fingerprint density at radius 1 is 1.58 bits per heavy atom. The number of aryl methyl sites for hydroxylation is 1. The monoisotopic (exact) mass is 164 g/mol. The van der Waals surface area contributed by atoms with Gasteiger partial charge in [0.2, 0.25) is 0 Å². The smallest absolute Gasteiger partial charge is 0.0338 e. The van der Waals surface area contributed by atoms with Crippen LogP contribution in [0.3, 0.4) is 0 Å². The molecule has 2 heteroatoms. The Morgan fingerprint density at radius 3 is 2.92 bits per heavy atom. The van der Waals surface area contributed by atoms with Gasteiger partial charge in [0.25, 0.3) is 0 Å². The van der Waals surface area contributed by atoms with E-state index in [1.807, 2.05) is 0 Å². The molecule has 1 saturated heterocycles. The van der Waals surface area contributed by atoms with Crippen molar-refractivity contribution < 1.29 is 0 Å². The van der Waals surface area contributed by atoms with Gasteiger partial charge in [0.05, 0.1) is 0 Å². The Balaban J connectivity index is 2.11. The van der Waals surface area contributed by atoms with Gasteiger partial charge in [-0.15, -0.1) is 0 Å². The first-order valence-corrected chi connectivity index (χ1v) is 4.61. The number of nitrogens with zero attached hydrogens (tertiary/aromatic N) is 1. The van der Waals surface area contributed by atoms with Crippen LogP contribution in [0.2, 0.25) is 0 Å². The summed E-state index contributed by atoms with van der Waals surface area (Å²) in [4.78, 5) is 0. The van der Waals surface area contributed by atoms with Gasteiger partial charge >= 0.3 is 0 Å². The van der Waals surface area contributed by atoms with Crippen molar-refractivity contribution in [2.45, 2.75) is 19.4 Å². The van der Waals surface area contributed by atoms with Crippen LogP contribution in [0.25, 0.3) is 0 Å². The van der Waals surface area contributed by atoms with E-state index < -0.39 is 0 Å². The van der Waals surface area contributed by atoms with Crippen LogP contribution in [-0.2, 0) is 7.05 Å². The van der Waals surface area contributed by atoms with Crippen LogP contribution in [0, 0.1) is 5.92 Å². The van der Waals surface area contributed by atoms with E-state index in [4.69, 9.17) is 0 Å². The molecule has 0 saturated carbocycles. The predicted octanol–water partition coefficient (Wildman–Crippen LogP) is 1.70. The van der Waals surface area contributed by atoms with Crippen LogP contribution in [0.4, 0.5) is 0 Å². The second-order valence-electron chi connectivity index (χ2n) is 3.91. The molecule has 2 heterocycles. The molecule has 2 nitrogen and oxygen atoms in total. The first-order valence-electron chi connectivity index (χ1n) is 4.61. The second-order valence-corrected chi connectivity index (χ2v) is 3.91. The lowest BCUT2D eigenvalue weighted by Crippen LogP contribution is -2.12. The number of rotatable bonds is 1. The fraction of sp³-hybridized carbons (Fsp3) is 0.600. The molecule has 1 aliphatic heterocycles. The molecular weight excluding hydrogens is 148 g/mol. The predicted molar refractivity (Wildman–Crippen MR) is 49.9 cm³/mol. The highest BCUT2D eigenvalue weighted by Crippen LogP contribution is 2.26. The first kappa shape index (κ1) is 7.87. The van der Waals surface area contributed by atoms with Crippen molar-refractivity contribution >= 4 is 0 Å². The molecule has 0 amide bonds. The average molecular weight is 164 g/mol. The summed E-state index contributed by atoms with van der Waals surface area (Å²) in [5, 5.41) is 3.52. The van der Waals surface area contributed by atoms with E-state index in [-0.39, 0.29) is 0 Å². The van der Waals surface area contributed by atoms with Crippen LogP contribution in [0.5, 0.6) is 0 Å². The number of aromatic nitrogens is 1. The molecule has 0 aliphatic carbocycles. The lowest BCUT2D eigenvalue weighted by molar-refractivity contribution is 0.611. The Bertz CT molecular complexity index is 265. The summed E-state index contributed by atoms with van der Waals surface area (Å²) in [6.07, 6.45) is 5.60. The minimum atomic E-state index is 0.598. The van der Waals surface area contributed by atoms with E-state index >= 15 is 0 Å². The van der Waals surface area contributed by atoms with Crippen molar-refractivity contribution in [1.82, 2.24) is 9.88 Å². The highest BCUT2D eigenvalue weighted by atomic mass is 15.0. The fourth-order valence-corrected chi connectivity index (χ4v) is 1.90. The Morgan fingerprint density at radius 2 is 2.42 bits per heavy atom. The maximum atomic E-state index is 3.52. The zero-order valence-corrected chi connectivity index (χ0v) is 7.75. The molecule has 0 unspecified atom stereocenters. The van der Waals surface area contributed by atoms with Crippen LogP contribution in [-0.4, -0.2) is 11.1 Å². The van der Waals surface area contributed by atoms with Gasteiger partial charge in [-0.1, -0.05) is 6.92 Å². The summed E-state index contributed by atoms with van der Waals surface area (Å²) in [5.41, 5.74) is 1.43. The van der Waals surface area contributed by atoms with E-state index in [2.05, 4.69) is 42.3 Å². The van der Waals surface area contributed by atoms with Crippen LogP contribution in [0.1, 0.15) is 24.9 Å². The van der Waals surface area contributed by atoms with Gasteiger partial charge in [-0.25, -0.2) is 0 Å². The van der Waals surface area contributed by atoms with E-state index in [1.165, 1.54) is 18.5 Å². The van der Waals surface area contributed by atoms with E-state index in [0.717, 1.165) is 5.92 Å². The van der Waals surface area contributed by atoms with E-state index in [1.54, 1.807) is 0 Å². The lowest BCUT2D eigenvalue weighted by Gasteiger charge is -2.06. The normalized spacial score (nSPS) is 29.5. The van der Waals surface area contributed by atoms with Gasteiger partial charge in [0.15, 0.2) is 0 Å². The molecule has 0 aromatic carbocycles. The summed E-state index contributed by atoms with van der Waals surface area (Å²) in [6, 6.07) is 2.80. The third kappa shape index (κ3) is 1.39. The van der Waals surface area contributed by atoms with Crippen molar-refractivity contribution in [3.8, 4) is 0 Å². The molecule has 2 rings (SSSR count). The molecule has 0 radical (unpaired) electrons. The van der Waals surface area contributed by atoms with Crippen molar-refractivity contribution in [3.05, 3.63) is 24.0 Å². The van der Waals surface area contributed by atoms with E-state index in [9.17, 15) is 0 Å². The van der Waals surface area contributed by atoms with Gasteiger partial charge in [-0.05, 0) is 30.5 Å². The van der Waals surface area contributed by atoms with Crippen LogP contribution < -0.4 is 5.32 Å². The molecule has 1 aliphatic rings. The maximum Gasteiger partial charge on any atom is 0.0338 e. The standard InChI is InChI=1S/C10H16N2/c1-8-5-10(11-6-8)9-3-4-12(2)7-9/h3-4,7-8,10-11H,5-6H2,1-2H3/t8-,10-/m0/s1. The van der Waals surface area contributed by atoms with Crippen molar-refractivity contribution in [1.29, 1.82) is 0 Å². The van der Waals surface area contributed by atoms with Gasteiger partial charge < -0.3 is 9.88 Å². The zero-order valence-electron chi connectivity index (χ0n) is 7.75. The maximum absolute atomic E-state index is 3.52. The molecular formula is C10H16N2. The molecule has 12 heavy (non-hydrogen) atoms. The van der Waals surface area contributed by atoms with Crippen LogP contribution >= 0.6 is 0 Å². The highest BCUT2D eigenvalue weighted by Gasteiger charge is 2.21. The Kier molecular flexibility index (Phi) is 1.93. The molecule has 1 fully saturated rings. The SMILES string of the molecule is C[C@@H]1CN[C@H](c2ccn(C)c2)C1. The average Bonchev–Trinajstić information content (AvgIpc) is 2.58. The van der Waals surface area contributed by atoms with Gasteiger partial charge in [0.1, 0.15) is 0 Å². The third-order valence-electron chi connectivity index (χ3n) is 2.61. The first-order chi connectivity index (χ1) is 5.75. The topological polar surface area (TPSA) is 17.0 Å². The number of hydrogen-bond acceptors (Lipinski definition) is 1. The quantitative estimate of drug-likeness (QED) is 0.668. The summed E-state index contributed by atoms with van der Waals surface area (Å²) >= 11 is 0. The molecule has 66 valence electrons. The zero-order chi connectivity index (χ0) is 8.55. The molecule has 1 aromatic rings. The number of hydrogen-bond donors (Lipinski definition) is 1. The third-order valence-corrected chi connectivity index (χ3v) is 2.61. The van der Waals surface area contributed by atoms with Gasteiger partial charge in [-0.3, -0.25) is 0 Å². The molecule has 2 atom stereocenters. The fourth-order valence-electron chi connectivity index (χ4n) is 1.90. The lowest BCUT2D eigenvalue weighted by atomic mass is 10.0. The molecule has 0 spiro atoms. The van der Waals surface area contributed by atoms with E-state index in [0.29, 0.717) is 6.04 Å². The largest absolute Gasteiger partial charge is 0.357 e. The minimum Gasteiger partial charge on any atom is -0.357 e. The summed E-state index contributed by atoms with van der Waals surface area (Å²) in [5.74, 6) is 0.829. The van der Waals surface area contributed by atoms with Crippen molar-refractivity contribution in [3.63, 3.8) is 0 Å². The van der Waals surface area contributed by atoms with Crippen molar-refractivity contribution in [2.75, 3.05) is 6.54 Å². The Hall–Kier alpha value is -0.760. The van der Waals surface area contributed by atoms with Gasteiger partial charge in [0, 0.05) is 25.5 Å². The molecule has 1 N–H and O–H groups in total. The summed E-state index contributed by atoms with van der Waals surface area (Å²) in [7, 11) is 2.07. The summed E-state index contributed by atoms with van der Waals surface area (Å²) < 4.78 is 2.11. The number of nitrogens with one attached hydrogen (secondary N) is 1.